The second-order valence-corrected chi connectivity index (χ2v) is 12.2. The summed E-state index contributed by atoms with van der Waals surface area (Å²) in [7, 11) is -1.69. The normalized spacial score (nSPS) is 12.2. The van der Waals surface area contributed by atoms with Crippen LogP contribution in [0.4, 0.5) is 0 Å². The van der Waals surface area contributed by atoms with E-state index in [2.05, 4.69) is 46.0 Å². The van der Waals surface area contributed by atoms with Gasteiger partial charge in [0.25, 0.3) is 0 Å². The number of benzene rings is 2. The third kappa shape index (κ3) is 4.95. The third-order valence-corrected chi connectivity index (χ3v) is 9.12. The fourth-order valence-corrected chi connectivity index (χ4v) is 3.10. The minimum absolute atomic E-state index is 0.243. The quantitative estimate of drug-likeness (QED) is 0.602. The Balaban J connectivity index is 2.01. The largest absolute Gasteiger partial charge is 0.457 e. The third-order valence-electron chi connectivity index (χ3n) is 4.58. The Labute approximate surface area is 141 Å². The Hall–Kier alpha value is -1.58. The molecule has 0 saturated heterocycles. The average molecular weight is 329 g/mol. The summed E-state index contributed by atoms with van der Waals surface area (Å²) in [6.45, 7) is 12.1. The number of hydrogen-bond donors (Lipinski definition) is 0. The first-order chi connectivity index (χ1) is 10.8. The predicted molar refractivity (Wildman–Crippen MR) is 99.8 cm³/mol. The first-order valence-corrected chi connectivity index (χ1v) is 11.2. The van der Waals surface area contributed by atoms with Crippen LogP contribution in [0.3, 0.4) is 0 Å². The lowest BCUT2D eigenvalue weighted by Gasteiger charge is -2.36. The summed E-state index contributed by atoms with van der Waals surface area (Å²) in [6, 6.07) is 18.1. The van der Waals surface area contributed by atoms with Crippen LogP contribution in [0.5, 0.6) is 11.5 Å². The molecule has 0 heterocycles. The summed E-state index contributed by atoms with van der Waals surface area (Å²) < 4.78 is 12.3. The Morgan fingerprint density at radius 1 is 0.870 bits per heavy atom. The van der Waals surface area contributed by atoms with Crippen LogP contribution in [-0.4, -0.2) is 14.9 Å². The number of hydrogen-bond acceptors (Lipinski definition) is 2. The molecule has 124 valence electrons. The van der Waals surface area contributed by atoms with E-state index in [-0.39, 0.29) is 5.04 Å². The molecule has 0 N–H and O–H groups in total. The molecule has 0 amide bonds. The van der Waals surface area contributed by atoms with Crippen molar-refractivity contribution in [2.75, 3.05) is 6.61 Å². The van der Waals surface area contributed by atoms with E-state index in [9.17, 15) is 0 Å². The maximum absolute atomic E-state index is 6.29. The topological polar surface area (TPSA) is 18.5 Å². The minimum Gasteiger partial charge on any atom is -0.457 e. The molecule has 0 aliphatic rings. The van der Waals surface area contributed by atoms with Gasteiger partial charge in [-0.2, -0.15) is 0 Å². The van der Waals surface area contributed by atoms with Crippen molar-refractivity contribution in [2.45, 2.75) is 45.3 Å². The number of ether oxygens (including phenoxy) is 1. The molecule has 0 aromatic heterocycles. The molecule has 0 aliphatic heterocycles. The van der Waals surface area contributed by atoms with Crippen LogP contribution < -0.4 is 4.74 Å². The first-order valence-electron chi connectivity index (χ1n) is 8.24. The van der Waals surface area contributed by atoms with E-state index in [1.165, 1.54) is 5.56 Å². The molecule has 0 atom stereocenters. The van der Waals surface area contributed by atoms with Gasteiger partial charge in [-0.15, -0.1) is 0 Å². The van der Waals surface area contributed by atoms with E-state index in [0.717, 1.165) is 24.5 Å². The molecule has 2 rings (SSSR count). The maximum Gasteiger partial charge on any atom is 0.191 e. The van der Waals surface area contributed by atoms with Gasteiger partial charge in [-0.25, -0.2) is 0 Å². The van der Waals surface area contributed by atoms with Crippen LogP contribution in [0.2, 0.25) is 18.1 Å². The van der Waals surface area contributed by atoms with Gasteiger partial charge in [0, 0.05) is 6.61 Å². The molecule has 0 aliphatic carbocycles. The number of rotatable bonds is 6. The van der Waals surface area contributed by atoms with Crippen LogP contribution in [0.25, 0.3) is 0 Å². The zero-order valence-electron chi connectivity index (χ0n) is 14.9. The smallest absolute Gasteiger partial charge is 0.191 e. The highest BCUT2D eigenvalue weighted by Gasteiger charge is 2.36. The van der Waals surface area contributed by atoms with Gasteiger partial charge in [-0.05, 0) is 48.3 Å². The molecule has 0 spiro atoms. The van der Waals surface area contributed by atoms with Crippen molar-refractivity contribution in [3.8, 4) is 11.5 Å². The van der Waals surface area contributed by atoms with Gasteiger partial charge in [0.1, 0.15) is 11.5 Å². The van der Waals surface area contributed by atoms with Crippen LogP contribution in [-0.2, 0) is 10.8 Å². The average Bonchev–Trinajstić information content (AvgIpc) is 2.49. The summed E-state index contributed by atoms with van der Waals surface area (Å²) in [4.78, 5) is 0. The van der Waals surface area contributed by atoms with Crippen LogP contribution in [0.15, 0.2) is 54.6 Å². The Kier molecular flexibility index (Phi) is 5.66. The van der Waals surface area contributed by atoms with Crippen molar-refractivity contribution in [1.29, 1.82) is 0 Å². The molecule has 23 heavy (non-hydrogen) atoms. The van der Waals surface area contributed by atoms with E-state index >= 15 is 0 Å². The summed E-state index contributed by atoms with van der Waals surface area (Å²) in [5, 5.41) is 0.243. The molecular weight excluding hydrogens is 300 g/mol. The van der Waals surface area contributed by atoms with Gasteiger partial charge < -0.3 is 9.16 Å². The summed E-state index contributed by atoms with van der Waals surface area (Å²) >= 11 is 0. The molecule has 2 aromatic carbocycles. The monoisotopic (exact) mass is 328 g/mol. The standard InChI is InChI=1S/C20H28O2Si/c1-20(2,3)23(4,5)21-16-15-17-11-9-10-14-19(17)22-18-12-7-6-8-13-18/h6-14H,15-16H2,1-5H3. The molecule has 3 heteroatoms. The van der Waals surface area contributed by atoms with Gasteiger partial charge in [-0.3, -0.25) is 0 Å². The fourth-order valence-electron chi connectivity index (χ4n) is 2.06. The lowest BCUT2D eigenvalue weighted by molar-refractivity contribution is 0.290. The van der Waals surface area contributed by atoms with E-state index in [0.29, 0.717) is 0 Å². The first kappa shape index (κ1) is 17.8. The Morgan fingerprint density at radius 3 is 2.13 bits per heavy atom. The number of para-hydroxylation sites is 2. The second kappa shape index (κ2) is 7.32. The molecule has 0 saturated carbocycles. The van der Waals surface area contributed by atoms with E-state index < -0.39 is 8.32 Å². The molecule has 2 aromatic rings. The van der Waals surface area contributed by atoms with Crippen LogP contribution in [0, 0.1) is 0 Å². The van der Waals surface area contributed by atoms with Crippen molar-refractivity contribution in [3.05, 3.63) is 60.2 Å². The van der Waals surface area contributed by atoms with E-state index in [4.69, 9.17) is 9.16 Å². The van der Waals surface area contributed by atoms with Crippen molar-refractivity contribution in [2.24, 2.45) is 0 Å². The molecule has 0 radical (unpaired) electrons. The van der Waals surface area contributed by atoms with Gasteiger partial charge in [0.05, 0.1) is 0 Å². The van der Waals surface area contributed by atoms with Crippen LogP contribution in [0.1, 0.15) is 26.3 Å². The summed E-state index contributed by atoms with van der Waals surface area (Å²) in [5.74, 6) is 1.78. The second-order valence-electron chi connectivity index (χ2n) is 7.38. The molecule has 2 nitrogen and oxygen atoms in total. The summed E-state index contributed by atoms with van der Waals surface area (Å²) in [5.41, 5.74) is 1.19. The van der Waals surface area contributed by atoms with Crippen molar-refractivity contribution in [1.82, 2.24) is 0 Å². The van der Waals surface area contributed by atoms with Gasteiger partial charge in [0.15, 0.2) is 8.32 Å². The molecule has 0 unspecified atom stereocenters. The van der Waals surface area contributed by atoms with Gasteiger partial charge in [0.2, 0.25) is 0 Å². The highest BCUT2D eigenvalue weighted by molar-refractivity contribution is 6.74. The molecular formula is C20H28O2Si. The van der Waals surface area contributed by atoms with Gasteiger partial charge in [-0.1, -0.05) is 57.2 Å². The van der Waals surface area contributed by atoms with Crippen LogP contribution >= 0.6 is 0 Å². The Morgan fingerprint density at radius 2 is 1.48 bits per heavy atom. The Bertz CT molecular complexity index is 615. The fraction of sp³-hybridized carbons (Fsp3) is 0.400. The zero-order chi connectivity index (χ0) is 16.9. The summed E-state index contributed by atoms with van der Waals surface area (Å²) in [6.07, 6.45) is 0.871. The van der Waals surface area contributed by atoms with Crippen molar-refractivity contribution >= 4 is 8.32 Å². The molecule has 0 fully saturated rings. The molecule has 0 bridgehead atoms. The minimum atomic E-state index is -1.69. The highest BCUT2D eigenvalue weighted by Crippen LogP contribution is 2.36. The highest BCUT2D eigenvalue weighted by atomic mass is 28.4. The van der Waals surface area contributed by atoms with Gasteiger partial charge >= 0.3 is 0 Å². The predicted octanol–water partition coefficient (Wildman–Crippen LogP) is 6.04. The lowest BCUT2D eigenvalue weighted by Crippen LogP contribution is -2.41. The van der Waals surface area contributed by atoms with Crippen molar-refractivity contribution in [3.63, 3.8) is 0 Å². The van der Waals surface area contributed by atoms with Crippen molar-refractivity contribution < 1.29 is 9.16 Å². The zero-order valence-corrected chi connectivity index (χ0v) is 15.9. The lowest BCUT2D eigenvalue weighted by atomic mass is 10.1. The van der Waals surface area contributed by atoms with E-state index in [1.807, 2.05) is 42.5 Å². The maximum atomic E-state index is 6.29. The SMILES string of the molecule is CC(C)(C)[Si](C)(C)OCCc1ccccc1Oc1ccccc1. The van der Waals surface area contributed by atoms with E-state index in [1.54, 1.807) is 0 Å².